The summed E-state index contributed by atoms with van der Waals surface area (Å²) in [7, 11) is -3.21. The number of nitrogens with zero attached hydrogens (tertiary/aromatic N) is 2. The molecule has 0 N–H and O–H groups in total. The number of hydrogen-bond acceptors (Lipinski definition) is 4. The second kappa shape index (κ2) is 5.82. The van der Waals surface area contributed by atoms with Crippen LogP contribution in [0.4, 0.5) is 0 Å². The predicted molar refractivity (Wildman–Crippen MR) is 90.9 cm³/mol. The lowest BCUT2D eigenvalue weighted by atomic mass is 9.99. The van der Waals surface area contributed by atoms with Gasteiger partial charge in [0.1, 0.15) is 0 Å². The molecule has 1 aromatic heterocycles. The Balaban J connectivity index is 2.10. The van der Waals surface area contributed by atoms with Gasteiger partial charge < -0.3 is 0 Å². The molecule has 0 saturated carbocycles. The largest absolute Gasteiger partial charge is 0.261 e. The van der Waals surface area contributed by atoms with Crippen LogP contribution >= 0.6 is 0 Å². The lowest BCUT2D eigenvalue weighted by molar-refractivity contribution is 0.602. The maximum atomic E-state index is 11.6. The van der Waals surface area contributed by atoms with Crippen molar-refractivity contribution in [1.82, 2.24) is 4.98 Å². The number of pyridine rings is 1. The molecule has 4 nitrogen and oxygen atoms in total. The molecular weight excluding hydrogens is 308 g/mol. The van der Waals surface area contributed by atoms with Crippen molar-refractivity contribution in [3.8, 4) is 0 Å². The quantitative estimate of drug-likeness (QED) is 0.816. The molecule has 0 atom stereocenters. The maximum absolute atomic E-state index is 11.6. The zero-order valence-electron chi connectivity index (χ0n) is 12.7. The minimum Gasteiger partial charge on any atom is -0.261 e. The molecule has 3 rings (SSSR count). The van der Waals surface area contributed by atoms with Crippen LogP contribution in [-0.2, 0) is 9.84 Å². The SMILES string of the molecule is Cc1ccc(C2=C(c3ccc(S(C)(=O)=O)cc3)C=C=C=N2)cn1. The van der Waals surface area contributed by atoms with Crippen LogP contribution in [-0.4, -0.2) is 25.5 Å². The van der Waals surface area contributed by atoms with E-state index in [1.165, 1.54) is 6.26 Å². The zero-order valence-corrected chi connectivity index (χ0v) is 13.6. The zero-order chi connectivity index (χ0) is 16.4. The maximum Gasteiger partial charge on any atom is 0.175 e. The second-order valence-corrected chi connectivity index (χ2v) is 7.28. The number of allylic oxidation sites excluding steroid dienone is 2. The summed E-state index contributed by atoms with van der Waals surface area (Å²) in [6.07, 6.45) is 4.75. The highest BCUT2D eigenvalue weighted by Gasteiger charge is 2.13. The molecule has 1 aliphatic rings. The van der Waals surface area contributed by atoms with Crippen LogP contribution in [0.5, 0.6) is 0 Å². The van der Waals surface area contributed by atoms with E-state index < -0.39 is 9.84 Å². The third-order valence-corrected chi connectivity index (χ3v) is 4.61. The molecule has 0 bridgehead atoms. The summed E-state index contributed by atoms with van der Waals surface area (Å²) >= 11 is 0. The first-order valence-corrected chi connectivity index (χ1v) is 8.86. The first kappa shape index (κ1) is 15.2. The first-order chi connectivity index (χ1) is 10.9. The number of rotatable bonds is 3. The molecule has 1 aromatic carbocycles. The molecule has 1 aliphatic heterocycles. The van der Waals surface area contributed by atoms with Crippen molar-refractivity contribution in [2.75, 3.05) is 6.26 Å². The third kappa shape index (κ3) is 3.22. The van der Waals surface area contributed by atoms with Gasteiger partial charge in [-0.1, -0.05) is 12.1 Å². The number of aromatic nitrogens is 1. The molecule has 0 spiro atoms. The molecule has 23 heavy (non-hydrogen) atoms. The van der Waals surface area contributed by atoms with Crippen LogP contribution in [0.25, 0.3) is 11.3 Å². The van der Waals surface area contributed by atoms with Gasteiger partial charge in [-0.3, -0.25) is 4.98 Å². The van der Waals surface area contributed by atoms with Crippen molar-refractivity contribution >= 4 is 27.0 Å². The van der Waals surface area contributed by atoms with Gasteiger partial charge in [0.05, 0.1) is 10.6 Å². The van der Waals surface area contributed by atoms with E-state index >= 15 is 0 Å². The smallest absolute Gasteiger partial charge is 0.175 e. The summed E-state index contributed by atoms with van der Waals surface area (Å²) in [5.74, 6) is 2.72. The third-order valence-electron chi connectivity index (χ3n) is 3.48. The van der Waals surface area contributed by atoms with E-state index in [1.54, 1.807) is 36.5 Å². The molecular formula is C18H14N2O2S. The van der Waals surface area contributed by atoms with Crippen molar-refractivity contribution in [3.63, 3.8) is 0 Å². The summed E-state index contributed by atoms with van der Waals surface area (Å²) in [5, 5.41) is 0. The van der Waals surface area contributed by atoms with Crippen molar-refractivity contribution in [3.05, 3.63) is 71.2 Å². The number of benzene rings is 1. The van der Waals surface area contributed by atoms with Gasteiger partial charge in [-0.2, -0.15) is 4.99 Å². The van der Waals surface area contributed by atoms with Crippen LogP contribution in [0.1, 0.15) is 16.8 Å². The van der Waals surface area contributed by atoms with E-state index in [0.29, 0.717) is 4.90 Å². The van der Waals surface area contributed by atoms with Gasteiger partial charge in [0.2, 0.25) is 0 Å². The normalized spacial score (nSPS) is 13.7. The fraction of sp³-hybridized carbons (Fsp3) is 0.111. The molecule has 0 radical (unpaired) electrons. The average molecular weight is 322 g/mol. The topological polar surface area (TPSA) is 59.4 Å². The van der Waals surface area contributed by atoms with Crippen molar-refractivity contribution in [2.45, 2.75) is 11.8 Å². The van der Waals surface area contributed by atoms with Gasteiger partial charge in [-0.25, -0.2) is 8.42 Å². The Hall–Kier alpha value is -2.71. The van der Waals surface area contributed by atoms with Crippen molar-refractivity contribution in [1.29, 1.82) is 0 Å². The highest BCUT2D eigenvalue weighted by molar-refractivity contribution is 7.90. The fourth-order valence-electron chi connectivity index (χ4n) is 2.25. The molecule has 114 valence electrons. The monoisotopic (exact) mass is 322 g/mol. The Bertz CT molecular complexity index is 986. The molecule has 2 heterocycles. The highest BCUT2D eigenvalue weighted by atomic mass is 32.2. The van der Waals surface area contributed by atoms with Gasteiger partial charge in [0, 0.05) is 41.2 Å². The molecule has 5 heteroatoms. The van der Waals surface area contributed by atoms with Gasteiger partial charge in [0.15, 0.2) is 9.84 Å². The highest BCUT2D eigenvalue weighted by Crippen LogP contribution is 2.29. The van der Waals surface area contributed by atoms with Crippen LogP contribution in [0, 0.1) is 6.92 Å². The Morgan fingerprint density at radius 1 is 1.00 bits per heavy atom. The summed E-state index contributed by atoms with van der Waals surface area (Å²) in [4.78, 5) is 8.87. The van der Waals surface area contributed by atoms with Gasteiger partial charge >= 0.3 is 0 Å². The second-order valence-electron chi connectivity index (χ2n) is 5.26. The summed E-state index contributed by atoms with van der Waals surface area (Å²) in [6.45, 7) is 1.92. The van der Waals surface area contributed by atoms with E-state index in [9.17, 15) is 8.42 Å². The molecule has 0 amide bonds. The average Bonchev–Trinajstić information content (AvgIpc) is 2.55. The minimum atomic E-state index is -3.21. The Labute approximate surface area is 135 Å². The van der Waals surface area contributed by atoms with E-state index in [0.717, 1.165) is 28.1 Å². The Kier molecular flexibility index (Phi) is 3.85. The lowest BCUT2D eigenvalue weighted by Gasteiger charge is -2.10. The molecule has 0 aliphatic carbocycles. The van der Waals surface area contributed by atoms with E-state index in [-0.39, 0.29) is 0 Å². The number of hydrogen-bond donors (Lipinski definition) is 0. The molecule has 0 fully saturated rings. The Morgan fingerprint density at radius 2 is 1.70 bits per heavy atom. The fourth-order valence-corrected chi connectivity index (χ4v) is 2.88. The van der Waals surface area contributed by atoms with Gasteiger partial charge in [0.25, 0.3) is 0 Å². The van der Waals surface area contributed by atoms with Gasteiger partial charge in [-0.05, 0) is 42.5 Å². The summed E-state index contributed by atoms with van der Waals surface area (Å²) in [5.41, 5.74) is 7.12. The van der Waals surface area contributed by atoms with Crippen LogP contribution < -0.4 is 0 Å². The number of aliphatic imine (C=N–C) groups is 1. The lowest BCUT2D eigenvalue weighted by Crippen LogP contribution is -1.97. The molecule has 0 saturated heterocycles. The molecule has 2 aromatic rings. The van der Waals surface area contributed by atoms with Crippen LogP contribution in [0.2, 0.25) is 0 Å². The van der Waals surface area contributed by atoms with Crippen LogP contribution in [0.15, 0.2) is 64.3 Å². The van der Waals surface area contributed by atoms with Gasteiger partial charge in [-0.15, -0.1) is 0 Å². The molecule has 0 unspecified atom stereocenters. The van der Waals surface area contributed by atoms with Crippen molar-refractivity contribution in [2.24, 2.45) is 4.99 Å². The summed E-state index contributed by atoms with van der Waals surface area (Å²) < 4.78 is 23.1. The van der Waals surface area contributed by atoms with E-state index in [1.807, 2.05) is 19.1 Å². The number of aryl methyl sites for hydroxylation is 1. The van der Waals surface area contributed by atoms with E-state index in [4.69, 9.17) is 0 Å². The van der Waals surface area contributed by atoms with E-state index in [2.05, 4.69) is 21.6 Å². The van der Waals surface area contributed by atoms with Crippen LogP contribution in [0.3, 0.4) is 0 Å². The first-order valence-electron chi connectivity index (χ1n) is 6.97. The summed E-state index contributed by atoms with van der Waals surface area (Å²) in [6, 6.07) is 10.6. The van der Waals surface area contributed by atoms with Crippen molar-refractivity contribution < 1.29 is 8.42 Å². The minimum absolute atomic E-state index is 0.291. The standard InChI is InChI=1S/C18H14N2O2S/c1-13-5-6-15(12-20-13)18-17(4-3-11-19-18)14-7-9-16(10-8-14)23(2,21)22/h4-10,12H,1-2H3. The predicted octanol–water partition coefficient (Wildman–Crippen LogP) is 3.06. The Morgan fingerprint density at radius 3 is 2.30 bits per heavy atom. The number of sulfone groups is 1.